The minimum atomic E-state index is -0.102. The second kappa shape index (κ2) is 4.66. The SMILES string of the molecule is CCCCc1nccn1C(C)C#N. The Hall–Kier alpha value is -1.30. The number of imidazole rings is 1. The van der Waals surface area contributed by atoms with Gasteiger partial charge in [-0.1, -0.05) is 13.3 Å². The van der Waals surface area contributed by atoms with E-state index in [0.29, 0.717) is 0 Å². The molecule has 1 atom stereocenters. The topological polar surface area (TPSA) is 41.6 Å². The first-order chi connectivity index (χ1) is 6.29. The van der Waals surface area contributed by atoms with Gasteiger partial charge in [-0.05, 0) is 13.3 Å². The summed E-state index contributed by atoms with van der Waals surface area (Å²) >= 11 is 0. The largest absolute Gasteiger partial charge is 0.319 e. The highest BCUT2D eigenvalue weighted by Crippen LogP contribution is 2.10. The van der Waals surface area contributed by atoms with Gasteiger partial charge in [0.15, 0.2) is 0 Å². The Morgan fingerprint density at radius 1 is 1.69 bits per heavy atom. The number of nitrogens with zero attached hydrogens (tertiary/aromatic N) is 3. The van der Waals surface area contributed by atoms with E-state index < -0.39 is 0 Å². The molecule has 0 saturated carbocycles. The summed E-state index contributed by atoms with van der Waals surface area (Å²) < 4.78 is 1.94. The van der Waals surface area contributed by atoms with Crippen LogP contribution in [-0.2, 0) is 6.42 Å². The molecular weight excluding hydrogens is 162 g/mol. The van der Waals surface area contributed by atoms with Crippen LogP contribution >= 0.6 is 0 Å². The summed E-state index contributed by atoms with van der Waals surface area (Å²) in [7, 11) is 0. The zero-order valence-corrected chi connectivity index (χ0v) is 8.20. The maximum Gasteiger partial charge on any atom is 0.119 e. The van der Waals surface area contributed by atoms with Crippen LogP contribution in [0.25, 0.3) is 0 Å². The third-order valence-electron chi connectivity index (χ3n) is 2.11. The minimum Gasteiger partial charge on any atom is -0.319 e. The molecule has 1 heterocycles. The molecule has 0 aromatic carbocycles. The van der Waals surface area contributed by atoms with E-state index in [1.165, 1.54) is 0 Å². The molecular formula is C10H15N3. The fraction of sp³-hybridized carbons (Fsp3) is 0.600. The van der Waals surface area contributed by atoms with Gasteiger partial charge in [-0.3, -0.25) is 0 Å². The van der Waals surface area contributed by atoms with E-state index in [4.69, 9.17) is 5.26 Å². The highest BCUT2D eigenvalue weighted by Gasteiger charge is 2.07. The molecule has 0 N–H and O–H groups in total. The van der Waals surface area contributed by atoms with Gasteiger partial charge in [0.2, 0.25) is 0 Å². The number of nitriles is 1. The van der Waals surface area contributed by atoms with E-state index in [2.05, 4.69) is 18.0 Å². The molecule has 1 aromatic heterocycles. The summed E-state index contributed by atoms with van der Waals surface area (Å²) in [6, 6.07) is 2.10. The molecule has 0 amide bonds. The zero-order valence-electron chi connectivity index (χ0n) is 8.20. The van der Waals surface area contributed by atoms with Crippen molar-refractivity contribution in [1.82, 2.24) is 9.55 Å². The Morgan fingerprint density at radius 3 is 3.08 bits per heavy atom. The smallest absolute Gasteiger partial charge is 0.119 e. The molecule has 1 rings (SSSR count). The Morgan fingerprint density at radius 2 is 2.46 bits per heavy atom. The van der Waals surface area contributed by atoms with Gasteiger partial charge in [0.1, 0.15) is 11.9 Å². The molecule has 0 saturated heterocycles. The van der Waals surface area contributed by atoms with Crippen LogP contribution in [0.15, 0.2) is 12.4 Å². The average molecular weight is 177 g/mol. The highest BCUT2D eigenvalue weighted by atomic mass is 15.1. The monoisotopic (exact) mass is 177 g/mol. The van der Waals surface area contributed by atoms with E-state index in [1.54, 1.807) is 6.20 Å². The number of aryl methyl sites for hydroxylation is 1. The molecule has 70 valence electrons. The van der Waals surface area contributed by atoms with Gasteiger partial charge in [-0.15, -0.1) is 0 Å². The molecule has 1 aromatic rings. The van der Waals surface area contributed by atoms with Crippen LogP contribution in [0.4, 0.5) is 0 Å². The van der Waals surface area contributed by atoms with Crippen molar-refractivity contribution in [3.05, 3.63) is 18.2 Å². The Bertz CT molecular complexity index is 295. The second-order valence-electron chi connectivity index (χ2n) is 3.16. The molecule has 1 unspecified atom stereocenters. The third kappa shape index (κ3) is 2.32. The van der Waals surface area contributed by atoms with Crippen molar-refractivity contribution < 1.29 is 0 Å². The Labute approximate surface area is 79.0 Å². The van der Waals surface area contributed by atoms with Crippen molar-refractivity contribution >= 4 is 0 Å². The first kappa shape index (κ1) is 9.79. The number of hydrogen-bond acceptors (Lipinski definition) is 2. The molecule has 3 heteroatoms. The van der Waals surface area contributed by atoms with Crippen LogP contribution in [0, 0.1) is 11.3 Å². The standard InChI is InChI=1S/C10H15N3/c1-3-4-5-10-12-6-7-13(10)9(2)8-11/h6-7,9H,3-5H2,1-2H3. The Balaban J connectivity index is 2.72. The van der Waals surface area contributed by atoms with Crippen molar-refractivity contribution in [2.24, 2.45) is 0 Å². The summed E-state index contributed by atoms with van der Waals surface area (Å²) in [5.74, 6) is 1.02. The molecule has 0 aliphatic carbocycles. The summed E-state index contributed by atoms with van der Waals surface area (Å²) in [5.41, 5.74) is 0. The summed E-state index contributed by atoms with van der Waals surface area (Å²) in [5, 5.41) is 8.76. The predicted octanol–water partition coefficient (Wildman–Crippen LogP) is 2.31. The van der Waals surface area contributed by atoms with Gasteiger partial charge in [-0.2, -0.15) is 5.26 Å². The Kier molecular flexibility index (Phi) is 3.51. The van der Waals surface area contributed by atoms with Crippen molar-refractivity contribution in [1.29, 1.82) is 5.26 Å². The lowest BCUT2D eigenvalue weighted by atomic mass is 10.2. The second-order valence-corrected chi connectivity index (χ2v) is 3.16. The third-order valence-corrected chi connectivity index (χ3v) is 2.11. The predicted molar refractivity (Wildman–Crippen MR) is 51.2 cm³/mol. The van der Waals surface area contributed by atoms with Crippen LogP contribution < -0.4 is 0 Å². The van der Waals surface area contributed by atoms with Crippen LogP contribution in [0.3, 0.4) is 0 Å². The number of rotatable bonds is 4. The first-order valence-electron chi connectivity index (χ1n) is 4.71. The van der Waals surface area contributed by atoms with Crippen LogP contribution in [0.5, 0.6) is 0 Å². The normalized spacial score (nSPS) is 12.4. The van der Waals surface area contributed by atoms with E-state index in [9.17, 15) is 0 Å². The maximum atomic E-state index is 8.76. The molecule has 0 spiro atoms. The maximum absolute atomic E-state index is 8.76. The van der Waals surface area contributed by atoms with Gasteiger partial charge < -0.3 is 4.57 Å². The lowest BCUT2D eigenvalue weighted by molar-refractivity contribution is 0.611. The molecule has 0 aliphatic heterocycles. The fourth-order valence-electron chi connectivity index (χ4n) is 1.29. The van der Waals surface area contributed by atoms with Crippen LogP contribution in [0.2, 0.25) is 0 Å². The molecule has 13 heavy (non-hydrogen) atoms. The van der Waals surface area contributed by atoms with Crippen LogP contribution in [0.1, 0.15) is 38.6 Å². The van der Waals surface area contributed by atoms with Gasteiger partial charge >= 0.3 is 0 Å². The summed E-state index contributed by atoms with van der Waals surface area (Å²) in [6.07, 6.45) is 6.90. The molecule has 0 fully saturated rings. The lowest BCUT2D eigenvalue weighted by Crippen LogP contribution is -2.06. The number of unbranched alkanes of at least 4 members (excludes halogenated alkanes) is 1. The summed E-state index contributed by atoms with van der Waals surface area (Å²) in [4.78, 5) is 4.23. The first-order valence-corrected chi connectivity index (χ1v) is 4.71. The van der Waals surface area contributed by atoms with Crippen molar-refractivity contribution in [3.8, 4) is 6.07 Å². The van der Waals surface area contributed by atoms with Crippen molar-refractivity contribution in [3.63, 3.8) is 0 Å². The number of aromatic nitrogens is 2. The van der Waals surface area contributed by atoms with E-state index in [1.807, 2.05) is 17.7 Å². The van der Waals surface area contributed by atoms with Crippen molar-refractivity contribution in [2.45, 2.75) is 39.2 Å². The highest BCUT2D eigenvalue weighted by molar-refractivity contribution is 5.00. The molecule has 3 nitrogen and oxygen atoms in total. The van der Waals surface area contributed by atoms with E-state index in [0.717, 1.165) is 25.1 Å². The molecule has 0 bridgehead atoms. The van der Waals surface area contributed by atoms with Gasteiger partial charge in [-0.25, -0.2) is 4.98 Å². The summed E-state index contributed by atoms with van der Waals surface area (Å²) in [6.45, 7) is 4.04. The van der Waals surface area contributed by atoms with E-state index >= 15 is 0 Å². The number of hydrogen-bond donors (Lipinski definition) is 0. The lowest BCUT2D eigenvalue weighted by Gasteiger charge is -2.08. The fourth-order valence-corrected chi connectivity index (χ4v) is 1.29. The van der Waals surface area contributed by atoms with Gasteiger partial charge in [0, 0.05) is 18.8 Å². The quantitative estimate of drug-likeness (QED) is 0.708. The molecule has 0 radical (unpaired) electrons. The minimum absolute atomic E-state index is 0.102. The van der Waals surface area contributed by atoms with Crippen molar-refractivity contribution in [2.75, 3.05) is 0 Å². The van der Waals surface area contributed by atoms with E-state index in [-0.39, 0.29) is 6.04 Å². The van der Waals surface area contributed by atoms with Crippen LogP contribution in [-0.4, -0.2) is 9.55 Å². The van der Waals surface area contributed by atoms with Gasteiger partial charge in [0.25, 0.3) is 0 Å². The zero-order chi connectivity index (χ0) is 9.68. The van der Waals surface area contributed by atoms with Gasteiger partial charge in [0.05, 0.1) is 6.07 Å². The average Bonchev–Trinajstić information content (AvgIpc) is 2.61. The molecule has 0 aliphatic rings.